The maximum Gasteiger partial charge on any atom is 0.190 e. The minimum atomic E-state index is 0. The standard InChI is InChI=1S/C16H33N3O2.HI/c1-4-16(8-7-9-16)14-19-15(17-2)18-10-5-6-11-21-13-12-20-3;/h4-14H2,1-3H3,(H2,17,18,19);1H. The van der Waals surface area contributed by atoms with Crippen molar-refractivity contribution in [2.45, 2.75) is 45.4 Å². The summed E-state index contributed by atoms with van der Waals surface area (Å²) in [4.78, 5) is 4.29. The molecule has 132 valence electrons. The van der Waals surface area contributed by atoms with Gasteiger partial charge in [0.15, 0.2) is 5.96 Å². The fourth-order valence-electron chi connectivity index (χ4n) is 2.60. The van der Waals surface area contributed by atoms with Crippen LogP contribution in [0.15, 0.2) is 4.99 Å². The summed E-state index contributed by atoms with van der Waals surface area (Å²) in [7, 11) is 3.53. The molecule has 0 amide bonds. The van der Waals surface area contributed by atoms with Crippen LogP contribution in [-0.2, 0) is 9.47 Å². The zero-order valence-electron chi connectivity index (χ0n) is 14.5. The van der Waals surface area contributed by atoms with Gasteiger partial charge in [0.2, 0.25) is 0 Å². The Labute approximate surface area is 153 Å². The lowest BCUT2D eigenvalue weighted by Gasteiger charge is -2.41. The van der Waals surface area contributed by atoms with Crippen molar-refractivity contribution < 1.29 is 9.47 Å². The molecule has 5 nitrogen and oxygen atoms in total. The Balaban J connectivity index is 0.00000441. The van der Waals surface area contributed by atoms with Gasteiger partial charge in [0, 0.05) is 33.9 Å². The summed E-state index contributed by atoms with van der Waals surface area (Å²) in [6, 6.07) is 0. The lowest BCUT2D eigenvalue weighted by molar-refractivity contribution is 0.0689. The Morgan fingerprint density at radius 1 is 1.14 bits per heavy atom. The quantitative estimate of drug-likeness (QED) is 0.231. The molecule has 0 aromatic rings. The van der Waals surface area contributed by atoms with E-state index in [1.165, 1.54) is 25.7 Å². The summed E-state index contributed by atoms with van der Waals surface area (Å²) in [5.41, 5.74) is 0.521. The summed E-state index contributed by atoms with van der Waals surface area (Å²) < 4.78 is 10.4. The Morgan fingerprint density at radius 2 is 1.91 bits per heavy atom. The van der Waals surface area contributed by atoms with E-state index >= 15 is 0 Å². The monoisotopic (exact) mass is 427 g/mol. The molecule has 22 heavy (non-hydrogen) atoms. The SMILES string of the molecule is CCC1(CNC(=NC)NCCCCOCCOC)CCC1.I. The second kappa shape index (κ2) is 13.4. The molecule has 1 aliphatic rings. The minimum absolute atomic E-state index is 0. The van der Waals surface area contributed by atoms with Gasteiger partial charge in [-0.1, -0.05) is 13.3 Å². The van der Waals surface area contributed by atoms with Crippen LogP contribution in [-0.4, -0.2) is 53.0 Å². The zero-order valence-corrected chi connectivity index (χ0v) is 16.8. The van der Waals surface area contributed by atoms with Crippen molar-refractivity contribution in [3.63, 3.8) is 0 Å². The van der Waals surface area contributed by atoms with Crippen molar-refractivity contribution in [1.82, 2.24) is 10.6 Å². The molecule has 0 aromatic carbocycles. The molecule has 0 bridgehead atoms. The molecule has 0 unspecified atom stereocenters. The van der Waals surface area contributed by atoms with Gasteiger partial charge in [0.05, 0.1) is 13.2 Å². The number of rotatable bonds is 11. The summed E-state index contributed by atoms with van der Waals surface area (Å²) >= 11 is 0. The number of unbranched alkanes of at least 4 members (excludes halogenated alkanes) is 1. The van der Waals surface area contributed by atoms with Gasteiger partial charge in [-0.3, -0.25) is 4.99 Å². The topological polar surface area (TPSA) is 54.9 Å². The molecule has 0 spiro atoms. The average Bonchev–Trinajstić information content (AvgIpc) is 2.47. The van der Waals surface area contributed by atoms with Crippen molar-refractivity contribution in [3.05, 3.63) is 0 Å². The summed E-state index contributed by atoms with van der Waals surface area (Å²) in [6.07, 6.45) is 7.50. The first-order valence-corrected chi connectivity index (χ1v) is 8.27. The summed E-state index contributed by atoms with van der Waals surface area (Å²) in [5.74, 6) is 0.926. The van der Waals surface area contributed by atoms with Crippen LogP contribution < -0.4 is 10.6 Å². The van der Waals surface area contributed by atoms with E-state index in [-0.39, 0.29) is 24.0 Å². The molecular weight excluding hydrogens is 393 g/mol. The molecule has 0 heterocycles. The molecular formula is C16H34IN3O2. The summed E-state index contributed by atoms with van der Waals surface area (Å²) in [6.45, 7) is 6.44. The van der Waals surface area contributed by atoms with Gasteiger partial charge in [0.25, 0.3) is 0 Å². The van der Waals surface area contributed by atoms with E-state index < -0.39 is 0 Å². The largest absolute Gasteiger partial charge is 0.382 e. The van der Waals surface area contributed by atoms with Crippen LogP contribution in [0.3, 0.4) is 0 Å². The van der Waals surface area contributed by atoms with Gasteiger partial charge in [-0.05, 0) is 37.5 Å². The highest BCUT2D eigenvalue weighted by Crippen LogP contribution is 2.42. The molecule has 1 rings (SSSR count). The van der Waals surface area contributed by atoms with Gasteiger partial charge in [-0.15, -0.1) is 24.0 Å². The molecule has 1 saturated carbocycles. The Hall–Kier alpha value is -0.0800. The first-order valence-electron chi connectivity index (χ1n) is 8.27. The van der Waals surface area contributed by atoms with Crippen molar-refractivity contribution in [2.24, 2.45) is 10.4 Å². The highest BCUT2D eigenvalue weighted by atomic mass is 127. The van der Waals surface area contributed by atoms with Crippen LogP contribution >= 0.6 is 24.0 Å². The van der Waals surface area contributed by atoms with Gasteiger partial charge in [-0.25, -0.2) is 0 Å². The van der Waals surface area contributed by atoms with Crippen LogP contribution in [0, 0.1) is 5.41 Å². The molecule has 2 N–H and O–H groups in total. The number of hydrogen-bond donors (Lipinski definition) is 2. The van der Waals surface area contributed by atoms with E-state index in [1.54, 1.807) is 7.11 Å². The second-order valence-electron chi connectivity index (χ2n) is 5.87. The number of aliphatic imine (C=N–C) groups is 1. The van der Waals surface area contributed by atoms with Crippen molar-refractivity contribution in [2.75, 3.05) is 47.1 Å². The van der Waals surface area contributed by atoms with Gasteiger partial charge in [0.1, 0.15) is 0 Å². The fourth-order valence-corrected chi connectivity index (χ4v) is 2.60. The first kappa shape index (κ1) is 21.9. The Kier molecular flexibility index (Phi) is 13.3. The normalized spacial score (nSPS) is 16.6. The fraction of sp³-hybridized carbons (Fsp3) is 0.938. The lowest BCUT2D eigenvalue weighted by Crippen LogP contribution is -2.46. The lowest BCUT2D eigenvalue weighted by atomic mass is 9.67. The molecule has 0 atom stereocenters. The Morgan fingerprint density at radius 3 is 2.45 bits per heavy atom. The molecule has 1 aliphatic carbocycles. The minimum Gasteiger partial charge on any atom is -0.382 e. The predicted octanol–water partition coefficient (Wildman–Crippen LogP) is 2.79. The molecule has 0 radical (unpaired) electrons. The van der Waals surface area contributed by atoms with Crippen LogP contribution in [0.4, 0.5) is 0 Å². The molecule has 1 fully saturated rings. The number of guanidine groups is 1. The van der Waals surface area contributed by atoms with Gasteiger partial charge < -0.3 is 20.1 Å². The zero-order chi connectivity index (χ0) is 15.4. The molecule has 6 heteroatoms. The van der Waals surface area contributed by atoms with E-state index in [1.807, 2.05) is 7.05 Å². The van der Waals surface area contributed by atoms with Gasteiger partial charge >= 0.3 is 0 Å². The highest BCUT2D eigenvalue weighted by molar-refractivity contribution is 14.0. The Bertz CT molecular complexity index is 292. The third kappa shape index (κ3) is 8.53. The molecule has 0 saturated heterocycles. The number of nitrogens with one attached hydrogen (secondary N) is 2. The number of methoxy groups -OCH3 is 1. The van der Waals surface area contributed by atoms with Crippen LogP contribution in [0.1, 0.15) is 45.4 Å². The van der Waals surface area contributed by atoms with E-state index in [4.69, 9.17) is 9.47 Å². The van der Waals surface area contributed by atoms with Crippen LogP contribution in [0.25, 0.3) is 0 Å². The van der Waals surface area contributed by atoms with Crippen LogP contribution in [0.5, 0.6) is 0 Å². The maximum absolute atomic E-state index is 5.44. The maximum atomic E-state index is 5.44. The predicted molar refractivity (Wildman–Crippen MR) is 103 cm³/mol. The third-order valence-corrected chi connectivity index (χ3v) is 4.46. The number of hydrogen-bond acceptors (Lipinski definition) is 3. The number of nitrogens with zero attached hydrogens (tertiary/aromatic N) is 1. The summed E-state index contributed by atoms with van der Waals surface area (Å²) in [5, 5.41) is 6.85. The molecule has 0 aliphatic heterocycles. The third-order valence-electron chi connectivity index (χ3n) is 4.46. The average molecular weight is 427 g/mol. The van der Waals surface area contributed by atoms with E-state index in [9.17, 15) is 0 Å². The van der Waals surface area contributed by atoms with E-state index in [2.05, 4.69) is 22.5 Å². The second-order valence-corrected chi connectivity index (χ2v) is 5.87. The van der Waals surface area contributed by atoms with E-state index in [0.29, 0.717) is 18.6 Å². The van der Waals surface area contributed by atoms with Crippen molar-refractivity contribution >= 4 is 29.9 Å². The van der Waals surface area contributed by atoms with Gasteiger partial charge in [-0.2, -0.15) is 0 Å². The number of ether oxygens (including phenoxy) is 2. The molecule has 0 aromatic heterocycles. The van der Waals surface area contributed by atoms with Crippen molar-refractivity contribution in [3.8, 4) is 0 Å². The van der Waals surface area contributed by atoms with Crippen molar-refractivity contribution in [1.29, 1.82) is 0 Å². The smallest absolute Gasteiger partial charge is 0.190 e. The highest BCUT2D eigenvalue weighted by Gasteiger charge is 2.34. The number of halogens is 1. The van der Waals surface area contributed by atoms with E-state index in [0.717, 1.165) is 38.5 Å². The van der Waals surface area contributed by atoms with Crippen LogP contribution in [0.2, 0.25) is 0 Å². The first-order chi connectivity index (χ1) is 10.3.